The summed E-state index contributed by atoms with van der Waals surface area (Å²) in [5.74, 6) is -0.814. The second-order valence-electron chi connectivity index (χ2n) is 5.01. The van der Waals surface area contributed by atoms with E-state index in [-0.39, 0.29) is 5.78 Å². The molecular formula is C18H15BrN2O3S. The van der Waals surface area contributed by atoms with E-state index >= 15 is 0 Å². The molecule has 1 heterocycles. The molecule has 2 rings (SSSR count). The molecule has 0 spiro atoms. The molecule has 0 unspecified atom stereocenters. The first-order chi connectivity index (χ1) is 12.0. The molecule has 7 heteroatoms. The molecular weight excluding hydrogens is 404 g/mol. The van der Waals surface area contributed by atoms with Crippen LogP contribution in [-0.4, -0.2) is 23.1 Å². The maximum atomic E-state index is 12.3. The molecule has 0 aliphatic rings. The van der Waals surface area contributed by atoms with Gasteiger partial charge in [0.1, 0.15) is 0 Å². The molecule has 1 aromatic heterocycles. The molecule has 25 heavy (non-hydrogen) atoms. The molecule has 2 aromatic rings. The summed E-state index contributed by atoms with van der Waals surface area (Å²) < 4.78 is 0.997. The summed E-state index contributed by atoms with van der Waals surface area (Å²) in [5.41, 5.74) is 3.26. The fourth-order valence-electron chi connectivity index (χ4n) is 1.88. The van der Waals surface area contributed by atoms with Gasteiger partial charge >= 0.3 is 0 Å². The maximum absolute atomic E-state index is 12.3. The third-order valence-corrected chi connectivity index (χ3v) is 4.66. The van der Waals surface area contributed by atoms with E-state index in [0.717, 1.165) is 9.35 Å². The summed E-state index contributed by atoms with van der Waals surface area (Å²) in [6.45, 7) is 1.76. The van der Waals surface area contributed by atoms with Crippen LogP contribution in [0.5, 0.6) is 0 Å². The summed E-state index contributed by atoms with van der Waals surface area (Å²) >= 11 is 4.93. The van der Waals surface area contributed by atoms with Crippen LogP contribution in [0.1, 0.15) is 27.7 Å². The van der Waals surface area contributed by atoms with Crippen molar-refractivity contribution in [1.29, 1.82) is 0 Å². The third-order valence-electron chi connectivity index (χ3n) is 3.03. The molecule has 0 bridgehead atoms. The number of benzene rings is 1. The van der Waals surface area contributed by atoms with Crippen molar-refractivity contribution in [3.63, 3.8) is 0 Å². The number of carbonyl (C=O) groups is 2. The number of hydrogen-bond donors (Lipinski definition) is 2. The van der Waals surface area contributed by atoms with Gasteiger partial charge in [-0.2, -0.15) is 0 Å². The summed E-state index contributed by atoms with van der Waals surface area (Å²) in [6.07, 6.45) is 5.85. The zero-order chi connectivity index (χ0) is 18.2. The van der Waals surface area contributed by atoms with Crippen molar-refractivity contribution in [3.8, 4) is 0 Å². The van der Waals surface area contributed by atoms with Crippen molar-refractivity contribution in [1.82, 2.24) is 5.48 Å². The van der Waals surface area contributed by atoms with E-state index in [4.69, 9.17) is 5.21 Å². The van der Waals surface area contributed by atoms with E-state index in [2.05, 4.69) is 20.9 Å². The van der Waals surface area contributed by atoms with Crippen LogP contribution in [0.2, 0.25) is 0 Å². The number of rotatable bonds is 6. The average molecular weight is 419 g/mol. The number of allylic oxidation sites excluding steroid dienone is 2. The zero-order valence-electron chi connectivity index (χ0n) is 13.3. The molecule has 5 nitrogen and oxygen atoms in total. The Labute approximate surface area is 157 Å². The van der Waals surface area contributed by atoms with Gasteiger partial charge in [-0.3, -0.25) is 19.8 Å². The van der Waals surface area contributed by atoms with Crippen molar-refractivity contribution in [3.05, 3.63) is 74.0 Å². The van der Waals surface area contributed by atoms with Gasteiger partial charge in [-0.05, 0) is 46.6 Å². The molecule has 1 aromatic carbocycles. The smallest absolute Gasteiger partial charge is 0.267 e. The molecule has 0 atom stereocenters. The van der Waals surface area contributed by atoms with Gasteiger partial charge in [0.15, 0.2) is 5.78 Å². The van der Waals surface area contributed by atoms with Gasteiger partial charge in [0, 0.05) is 44.4 Å². The minimum atomic E-state index is -0.637. The Bertz CT molecular complexity index is 869. The van der Waals surface area contributed by atoms with Gasteiger partial charge in [0.25, 0.3) is 5.91 Å². The average Bonchev–Trinajstić information content (AvgIpc) is 3.03. The number of ketones is 1. The van der Waals surface area contributed by atoms with Crippen molar-refractivity contribution < 1.29 is 14.8 Å². The summed E-state index contributed by atoms with van der Waals surface area (Å²) in [7, 11) is 0. The minimum Gasteiger partial charge on any atom is -0.289 e. The van der Waals surface area contributed by atoms with Crippen LogP contribution < -0.4 is 5.48 Å². The quantitative estimate of drug-likeness (QED) is 0.242. The summed E-state index contributed by atoms with van der Waals surface area (Å²) in [6, 6.07) is 8.77. The SMILES string of the molecule is C/C(=C/C(=O)c1cccc(/C=C/C(=O)NO)c1)N=Cc1cc(Br)cs1. The van der Waals surface area contributed by atoms with E-state index < -0.39 is 5.91 Å². The lowest BCUT2D eigenvalue weighted by Gasteiger charge is -1.99. The maximum Gasteiger partial charge on any atom is 0.267 e. The first-order valence-electron chi connectivity index (χ1n) is 7.21. The molecule has 0 saturated heterocycles. The molecule has 128 valence electrons. The van der Waals surface area contributed by atoms with Crippen molar-refractivity contribution >= 4 is 51.2 Å². The van der Waals surface area contributed by atoms with E-state index in [0.29, 0.717) is 16.8 Å². The monoisotopic (exact) mass is 418 g/mol. The van der Waals surface area contributed by atoms with Gasteiger partial charge in [-0.25, -0.2) is 5.48 Å². The normalized spacial score (nSPS) is 12.0. The Hall–Kier alpha value is -2.35. The second-order valence-corrected chi connectivity index (χ2v) is 6.87. The number of amides is 1. The molecule has 0 aliphatic carbocycles. The van der Waals surface area contributed by atoms with E-state index in [1.165, 1.54) is 23.7 Å². The number of thiophene rings is 1. The van der Waals surface area contributed by atoms with Gasteiger partial charge in [-0.15, -0.1) is 11.3 Å². The number of aliphatic imine (C=N–C) groups is 1. The third kappa shape index (κ3) is 6.22. The Morgan fingerprint density at radius 1 is 1.32 bits per heavy atom. The van der Waals surface area contributed by atoms with Gasteiger partial charge < -0.3 is 0 Å². The molecule has 0 aliphatic heterocycles. The van der Waals surface area contributed by atoms with Crippen LogP contribution in [0.25, 0.3) is 6.08 Å². The lowest BCUT2D eigenvalue weighted by atomic mass is 10.1. The highest BCUT2D eigenvalue weighted by Crippen LogP contribution is 2.18. The predicted octanol–water partition coefficient (Wildman–Crippen LogP) is 4.23. The van der Waals surface area contributed by atoms with Crippen LogP contribution >= 0.6 is 27.3 Å². The molecule has 0 fully saturated rings. The number of nitrogens with zero attached hydrogens (tertiary/aromatic N) is 1. The number of hydroxylamine groups is 1. The van der Waals surface area contributed by atoms with E-state index in [1.807, 2.05) is 11.4 Å². The first-order valence-corrected chi connectivity index (χ1v) is 8.88. The largest absolute Gasteiger partial charge is 0.289 e. The fourth-order valence-corrected chi connectivity index (χ4v) is 3.18. The van der Waals surface area contributed by atoms with E-state index in [1.54, 1.807) is 48.7 Å². The number of nitrogens with one attached hydrogen (secondary N) is 1. The van der Waals surface area contributed by atoms with Crippen LogP contribution in [0.15, 0.2) is 63.0 Å². The molecule has 2 N–H and O–H groups in total. The van der Waals surface area contributed by atoms with Gasteiger partial charge in [-0.1, -0.05) is 18.2 Å². The molecule has 0 saturated carbocycles. The fraction of sp³-hybridized carbons (Fsp3) is 0.0556. The topological polar surface area (TPSA) is 78.8 Å². The van der Waals surface area contributed by atoms with Gasteiger partial charge in [0.2, 0.25) is 0 Å². The molecule has 0 radical (unpaired) electrons. The summed E-state index contributed by atoms with van der Waals surface area (Å²) in [4.78, 5) is 28.6. The van der Waals surface area contributed by atoms with Crippen molar-refractivity contribution in [2.45, 2.75) is 6.92 Å². The Morgan fingerprint density at radius 2 is 2.12 bits per heavy atom. The number of halogens is 1. The highest BCUT2D eigenvalue weighted by Gasteiger charge is 2.04. The van der Waals surface area contributed by atoms with Crippen LogP contribution in [0.4, 0.5) is 0 Å². The lowest BCUT2D eigenvalue weighted by Crippen LogP contribution is -2.14. The Balaban J connectivity index is 2.10. The molecule has 1 amide bonds. The Morgan fingerprint density at radius 3 is 2.80 bits per heavy atom. The van der Waals surface area contributed by atoms with Crippen LogP contribution in [0, 0.1) is 0 Å². The number of carbonyl (C=O) groups excluding carboxylic acids is 2. The zero-order valence-corrected chi connectivity index (χ0v) is 15.7. The van der Waals surface area contributed by atoms with Crippen molar-refractivity contribution in [2.75, 3.05) is 0 Å². The lowest BCUT2D eigenvalue weighted by molar-refractivity contribution is -0.124. The minimum absolute atomic E-state index is 0.177. The van der Waals surface area contributed by atoms with E-state index in [9.17, 15) is 9.59 Å². The van der Waals surface area contributed by atoms with Crippen LogP contribution in [-0.2, 0) is 4.79 Å². The first kappa shape index (κ1) is 19.0. The highest BCUT2D eigenvalue weighted by atomic mass is 79.9. The highest BCUT2D eigenvalue weighted by molar-refractivity contribution is 9.10. The predicted molar refractivity (Wildman–Crippen MR) is 103 cm³/mol. The van der Waals surface area contributed by atoms with Crippen LogP contribution in [0.3, 0.4) is 0 Å². The number of hydrogen-bond acceptors (Lipinski definition) is 5. The Kier molecular flexibility index (Phi) is 7.00. The summed E-state index contributed by atoms with van der Waals surface area (Å²) in [5, 5.41) is 10.4. The second kappa shape index (κ2) is 9.22. The van der Waals surface area contributed by atoms with Gasteiger partial charge in [0.05, 0.1) is 0 Å². The van der Waals surface area contributed by atoms with Crippen molar-refractivity contribution in [2.24, 2.45) is 4.99 Å². The standard InChI is InChI=1S/C18H15BrN2O3S/c1-12(20-10-16-9-15(19)11-25-16)7-17(22)14-4-2-3-13(8-14)5-6-18(23)21-24/h2-11,24H,1H3,(H,21,23)/b6-5+,12-7-,20-10?.